The van der Waals surface area contributed by atoms with Crippen molar-refractivity contribution in [3.63, 3.8) is 0 Å². The van der Waals surface area contributed by atoms with Crippen LogP contribution in [0.5, 0.6) is 0 Å². The Labute approximate surface area is 207 Å². The van der Waals surface area contributed by atoms with Crippen LogP contribution >= 0.6 is 0 Å². The number of aryl methyl sites for hydroxylation is 1. The van der Waals surface area contributed by atoms with E-state index in [1.54, 1.807) is 0 Å². The summed E-state index contributed by atoms with van der Waals surface area (Å²) in [6.45, 7) is 1.35. The lowest BCUT2D eigenvalue weighted by molar-refractivity contribution is -0.223. The number of amides is 2. The predicted molar refractivity (Wildman–Crippen MR) is 119 cm³/mol. The lowest BCUT2D eigenvalue weighted by Gasteiger charge is -2.69. The fourth-order valence-electron chi connectivity index (χ4n) is 4.96. The van der Waals surface area contributed by atoms with Crippen molar-refractivity contribution in [3.8, 4) is 11.4 Å². The van der Waals surface area contributed by atoms with Crippen LogP contribution in [0.1, 0.15) is 48.2 Å². The molecule has 3 fully saturated rings. The minimum absolute atomic E-state index is 0.103. The van der Waals surface area contributed by atoms with Gasteiger partial charge in [0.05, 0.1) is 23.0 Å². The summed E-state index contributed by atoms with van der Waals surface area (Å²) in [5.41, 5.74) is -1.09. The molecule has 3 aromatic heterocycles. The summed E-state index contributed by atoms with van der Waals surface area (Å²) in [6.07, 6.45) is -1.72. The number of anilines is 1. The Morgan fingerprint density at radius 3 is 2.51 bits per heavy atom. The molecule has 3 aromatic rings. The molecule has 3 heterocycles. The number of hydrogen-bond acceptors (Lipinski definition) is 7. The largest absolute Gasteiger partial charge is 0.441 e. The summed E-state index contributed by atoms with van der Waals surface area (Å²) in [6, 6.07) is 3.86. The molecule has 37 heavy (non-hydrogen) atoms. The smallest absolute Gasteiger partial charge is 0.413 e. The van der Waals surface area contributed by atoms with Gasteiger partial charge in [0.2, 0.25) is 12.4 Å². The molecule has 2 amide bonds. The van der Waals surface area contributed by atoms with Crippen LogP contribution < -0.4 is 10.6 Å². The van der Waals surface area contributed by atoms with Crippen LogP contribution in [0.25, 0.3) is 11.4 Å². The third kappa shape index (κ3) is 4.36. The number of carbonyl (C=O) groups excluding carboxylic acids is 2. The molecule has 0 radical (unpaired) electrons. The zero-order valence-corrected chi connectivity index (χ0v) is 19.6. The average Bonchev–Trinajstić information content (AvgIpc) is 3.16. The van der Waals surface area contributed by atoms with Crippen LogP contribution in [0.3, 0.4) is 0 Å². The molecule has 0 unspecified atom stereocenters. The first kappa shape index (κ1) is 24.6. The predicted octanol–water partition coefficient (Wildman–Crippen LogP) is 3.78. The zero-order chi connectivity index (χ0) is 26.5. The Bertz CT molecular complexity index is 1360. The molecule has 2 N–H and O–H groups in total. The number of alkyl halides is 2. The monoisotopic (exact) mass is 519 g/mol. The highest BCUT2D eigenvalue weighted by Crippen LogP contribution is 2.69. The molecule has 194 valence electrons. The molecule has 0 saturated heterocycles. The van der Waals surface area contributed by atoms with Crippen LogP contribution in [-0.4, -0.2) is 48.9 Å². The van der Waals surface area contributed by atoms with Gasteiger partial charge in [0.1, 0.15) is 11.9 Å². The van der Waals surface area contributed by atoms with E-state index in [0.717, 1.165) is 6.07 Å². The number of halogens is 4. The van der Waals surface area contributed by atoms with Crippen molar-refractivity contribution in [3.05, 3.63) is 53.5 Å². The molecule has 3 saturated carbocycles. The van der Waals surface area contributed by atoms with Crippen molar-refractivity contribution in [1.29, 1.82) is 0 Å². The normalized spacial score (nSPS) is 22.6. The van der Waals surface area contributed by atoms with Gasteiger partial charge in [-0.25, -0.2) is 27.6 Å². The molecule has 6 rings (SSSR count). The second-order valence-electron chi connectivity index (χ2n) is 9.48. The maximum atomic E-state index is 13.9. The van der Waals surface area contributed by atoms with Crippen molar-refractivity contribution in [2.75, 3.05) is 5.32 Å². The Kier molecular flexibility index (Phi) is 5.83. The molecular weight excluding hydrogens is 498 g/mol. The number of hydrogen-bond donors (Lipinski definition) is 2. The van der Waals surface area contributed by atoms with Crippen LogP contribution in [0.4, 0.5) is 28.2 Å². The quantitative estimate of drug-likeness (QED) is 0.360. The lowest BCUT2D eigenvalue weighted by atomic mass is 9.39. The van der Waals surface area contributed by atoms with Gasteiger partial charge < -0.3 is 10.1 Å². The van der Waals surface area contributed by atoms with E-state index in [2.05, 4.69) is 30.9 Å². The Balaban J connectivity index is 1.24. The molecule has 10 nitrogen and oxygen atoms in total. The number of nitrogens with zero attached hydrogens (tertiary/aromatic N) is 5. The number of aromatic nitrogens is 5. The average molecular weight is 519 g/mol. The van der Waals surface area contributed by atoms with Crippen LogP contribution in [-0.2, 0) is 11.8 Å². The SMILES string of the molecule is C[C@@H](OC(=O)Nc1c(-c2ccc(C(=O)NC34CC(C(F)F)(C3)C4)cn2)nnn1C)c1cc(F)cnc1F. The van der Waals surface area contributed by atoms with Gasteiger partial charge in [-0.15, -0.1) is 5.10 Å². The van der Waals surface area contributed by atoms with Crippen LogP contribution in [0, 0.1) is 17.2 Å². The highest BCUT2D eigenvalue weighted by atomic mass is 19.3. The first-order chi connectivity index (χ1) is 17.5. The molecule has 0 aliphatic heterocycles. The van der Waals surface area contributed by atoms with E-state index >= 15 is 0 Å². The van der Waals surface area contributed by atoms with E-state index in [-0.39, 0.29) is 47.6 Å². The van der Waals surface area contributed by atoms with Gasteiger partial charge in [-0.05, 0) is 44.4 Å². The van der Waals surface area contributed by atoms with Gasteiger partial charge in [-0.3, -0.25) is 15.1 Å². The summed E-state index contributed by atoms with van der Waals surface area (Å²) in [4.78, 5) is 32.5. The number of nitrogens with one attached hydrogen (secondary N) is 2. The van der Waals surface area contributed by atoms with E-state index in [0.29, 0.717) is 6.20 Å². The van der Waals surface area contributed by atoms with E-state index in [4.69, 9.17) is 4.74 Å². The summed E-state index contributed by atoms with van der Waals surface area (Å²) in [7, 11) is 1.50. The summed E-state index contributed by atoms with van der Waals surface area (Å²) in [5.74, 6) is -2.07. The second-order valence-corrected chi connectivity index (χ2v) is 9.48. The fraction of sp³-hybridized carbons (Fsp3) is 0.391. The zero-order valence-electron chi connectivity index (χ0n) is 19.6. The third-order valence-electron chi connectivity index (χ3n) is 6.78. The number of pyridine rings is 2. The van der Waals surface area contributed by atoms with E-state index in [9.17, 15) is 27.2 Å². The number of ether oxygens (including phenoxy) is 1. The molecule has 2 bridgehead atoms. The minimum Gasteiger partial charge on any atom is -0.441 e. The van der Waals surface area contributed by atoms with Gasteiger partial charge in [0.15, 0.2) is 11.5 Å². The molecular formula is C23H21F4N7O3. The van der Waals surface area contributed by atoms with Gasteiger partial charge >= 0.3 is 6.09 Å². The lowest BCUT2D eigenvalue weighted by Crippen LogP contribution is -2.76. The van der Waals surface area contributed by atoms with E-state index in [1.807, 2.05) is 0 Å². The number of rotatable bonds is 7. The van der Waals surface area contributed by atoms with Crippen molar-refractivity contribution in [2.24, 2.45) is 12.5 Å². The molecule has 3 aliphatic rings. The molecule has 14 heteroatoms. The standard InChI is InChI=1S/C23H21F4N7O3/c1-11(14-5-13(24)7-29-17(14)25)37-21(36)30-18-16(32-33-34(18)2)15-4-3-12(6-28-15)19(35)31-23-8-22(9-23,10-23)20(26)27/h3-7,11,20H,8-10H2,1-2H3,(H,30,36)(H,31,35)/t11-,22?,23?/m1/s1. The Morgan fingerprint density at radius 2 is 1.86 bits per heavy atom. The van der Waals surface area contributed by atoms with Crippen molar-refractivity contribution in [1.82, 2.24) is 30.3 Å². The molecule has 1 atom stereocenters. The third-order valence-corrected chi connectivity index (χ3v) is 6.78. The first-order valence-electron chi connectivity index (χ1n) is 11.3. The molecule has 0 aromatic carbocycles. The van der Waals surface area contributed by atoms with Crippen LogP contribution in [0.2, 0.25) is 0 Å². The Morgan fingerprint density at radius 1 is 1.14 bits per heavy atom. The summed E-state index contributed by atoms with van der Waals surface area (Å²) >= 11 is 0. The van der Waals surface area contributed by atoms with Crippen molar-refractivity contribution in [2.45, 2.75) is 44.3 Å². The Hall–Kier alpha value is -4.10. The highest BCUT2D eigenvalue weighted by molar-refractivity contribution is 5.95. The molecule has 0 spiro atoms. The van der Waals surface area contributed by atoms with Crippen LogP contribution in [0.15, 0.2) is 30.6 Å². The number of carbonyl (C=O) groups is 2. The molecule has 3 aliphatic carbocycles. The van der Waals surface area contributed by atoms with E-state index < -0.39 is 47.2 Å². The van der Waals surface area contributed by atoms with Gasteiger partial charge in [0, 0.05) is 24.2 Å². The summed E-state index contributed by atoms with van der Waals surface area (Å²) in [5, 5.41) is 13.1. The highest BCUT2D eigenvalue weighted by Gasteiger charge is 2.72. The van der Waals surface area contributed by atoms with Gasteiger partial charge in [0.25, 0.3) is 5.91 Å². The fourth-order valence-corrected chi connectivity index (χ4v) is 4.96. The van der Waals surface area contributed by atoms with Gasteiger partial charge in [-0.1, -0.05) is 5.21 Å². The minimum atomic E-state index is -2.39. The van der Waals surface area contributed by atoms with Crippen molar-refractivity contribution >= 4 is 17.8 Å². The topological polar surface area (TPSA) is 124 Å². The second kappa shape index (κ2) is 8.78. The summed E-state index contributed by atoms with van der Waals surface area (Å²) < 4.78 is 59.7. The maximum Gasteiger partial charge on any atom is 0.413 e. The van der Waals surface area contributed by atoms with Gasteiger partial charge in [-0.2, -0.15) is 4.39 Å². The maximum absolute atomic E-state index is 13.9. The van der Waals surface area contributed by atoms with E-state index in [1.165, 1.54) is 37.0 Å². The van der Waals surface area contributed by atoms with Crippen molar-refractivity contribution < 1.29 is 31.9 Å². The first-order valence-corrected chi connectivity index (χ1v) is 11.3.